The SMILES string of the molecule is CCC1=C(CO)c2cc3[n-]c(c(C)c4nc(c5c6[n-]c(cc1n2)c(CC)c6C([O-])=C5)[C@@H](CCC(=O)[O-])[C@@H]4C)c(C)c3[C@@H](C)O.[Mg+2]. The second kappa shape index (κ2) is 12.4. The number of hydrogen-bond acceptors (Lipinski definition) is 7. The van der Waals surface area contributed by atoms with Crippen LogP contribution >= 0.6 is 0 Å². The quantitative estimate of drug-likeness (QED) is 0.380. The Balaban J connectivity index is 0.00000400. The zero-order chi connectivity index (χ0) is 31.6. The topological polar surface area (TPSA) is 158 Å². The van der Waals surface area contributed by atoms with Crippen molar-refractivity contribution in [2.45, 2.75) is 85.2 Å². The van der Waals surface area contributed by atoms with Gasteiger partial charge in [0.15, 0.2) is 0 Å². The molecule has 6 rings (SSSR count). The molecule has 1 aliphatic carbocycles. The van der Waals surface area contributed by atoms with Gasteiger partial charge in [-0.25, -0.2) is 4.98 Å². The molecule has 3 atom stereocenters. The molecule has 0 fully saturated rings. The Hall–Kier alpha value is -3.44. The molecule has 0 saturated heterocycles. The number of aliphatic hydroxyl groups is 2. The molecule has 9 nitrogen and oxygen atoms in total. The number of carbonyl (C=O) groups is 1. The number of aliphatic carboxylic acids is 1. The molecular formula is C35H36MgN4O5-2. The van der Waals surface area contributed by atoms with E-state index in [0.29, 0.717) is 80.7 Å². The Morgan fingerprint density at radius 2 is 1.67 bits per heavy atom. The van der Waals surface area contributed by atoms with Crippen molar-refractivity contribution < 1.29 is 25.2 Å². The number of aromatic nitrogens is 4. The Bertz CT molecular complexity index is 1950. The monoisotopic (exact) mass is 616 g/mol. The second-order valence-corrected chi connectivity index (χ2v) is 12.0. The van der Waals surface area contributed by atoms with E-state index in [2.05, 4.69) is 0 Å². The van der Waals surface area contributed by atoms with Crippen molar-refractivity contribution >= 4 is 74.1 Å². The summed E-state index contributed by atoms with van der Waals surface area (Å²) in [5.74, 6) is -1.72. The third-order valence-corrected chi connectivity index (χ3v) is 9.48. The van der Waals surface area contributed by atoms with Crippen LogP contribution in [0.15, 0.2) is 12.1 Å². The average Bonchev–Trinajstić information content (AvgIpc) is 3.75. The van der Waals surface area contributed by atoms with E-state index in [9.17, 15) is 25.2 Å². The molecular weight excluding hydrogens is 581 g/mol. The first-order chi connectivity index (χ1) is 21.0. The molecule has 0 unspecified atom stereocenters. The molecule has 0 spiro atoms. The van der Waals surface area contributed by atoms with E-state index in [0.717, 1.165) is 28.0 Å². The number of allylic oxidation sites excluding steroid dienone is 1. The van der Waals surface area contributed by atoms with Gasteiger partial charge in [-0.05, 0) is 74.3 Å². The maximum absolute atomic E-state index is 13.5. The van der Waals surface area contributed by atoms with E-state index < -0.39 is 12.1 Å². The summed E-state index contributed by atoms with van der Waals surface area (Å²) in [7, 11) is 0. The summed E-state index contributed by atoms with van der Waals surface area (Å²) in [5.41, 5.74) is 11.0. The van der Waals surface area contributed by atoms with E-state index in [-0.39, 0.29) is 53.7 Å². The summed E-state index contributed by atoms with van der Waals surface area (Å²) in [6, 6.07) is 3.71. The van der Waals surface area contributed by atoms with Crippen molar-refractivity contribution in [1.29, 1.82) is 0 Å². The fourth-order valence-electron chi connectivity index (χ4n) is 7.36. The van der Waals surface area contributed by atoms with Crippen LogP contribution in [-0.2, 0) is 11.2 Å². The van der Waals surface area contributed by atoms with Gasteiger partial charge in [-0.1, -0.05) is 50.1 Å². The van der Waals surface area contributed by atoms with Gasteiger partial charge in [0.25, 0.3) is 0 Å². The van der Waals surface area contributed by atoms with Gasteiger partial charge in [-0.3, -0.25) is 4.98 Å². The van der Waals surface area contributed by atoms with Crippen molar-refractivity contribution in [3.05, 3.63) is 68.3 Å². The summed E-state index contributed by atoms with van der Waals surface area (Å²) in [6.07, 6.45) is 2.14. The first-order valence-electron chi connectivity index (χ1n) is 15.3. The Kier molecular flexibility index (Phi) is 9.07. The number of nitrogens with zero attached hydrogens (tertiary/aromatic N) is 4. The van der Waals surface area contributed by atoms with Crippen LogP contribution in [0.1, 0.15) is 121 Å². The van der Waals surface area contributed by atoms with Gasteiger partial charge < -0.3 is 35.2 Å². The van der Waals surface area contributed by atoms with E-state index in [1.165, 1.54) is 0 Å². The number of carboxylic acids is 1. The van der Waals surface area contributed by atoms with Gasteiger partial charge in [-0.15, -0.1) is 27.8 Å². The molecule has 0 saturated carbocycles. The second-order valence-electron chi connectivity index (χ2n) is 12.0. The van der Waals surface area contributed by atoms with Crippen molar-refractivity contribution in [3.63, 3.8) is 0 Å². The molecule has 5 heterocycles. The predicted octanol–water partition coefficient (Wildman–Crippen LogP) is 3.33. The molecule has 3 aromatic rings. The van der Waals surface area contributed by atoms with Crippen LogP contribution in [-0.4, -0.2) is 55.8 Å². The first-order valence-corrected chi connectivity index (χ1v) is 15.3. The van der Waals surface area contributed by atoms with Crippen molar-refractivity contribution in [2.75, 3.05) is 6.61 Å². The van der Waals surface area contributed by atoms with Gasteiger partial charge in [0.1, 0.15) is 0 Å². The minimum atomic E-state index is -1.14. The van der Waals surface area contributed by atoms with Gasteiger partial charge in [0.05, 0.1) is 29.8 Å². The number of carboxylic acid groups (broad SMARTS) is 1. The molecule has 45 heavy (non-hydrogen) atoms. The van der Waals surface area contributed by atoms with Crippen LogP contribution in [0.2, 0.25) is 0 Å². The van der Waals surface area contributed by atoms with Crippen LogP contribution in [0.5, 0.6) is 0 Å². The largest absolute Gasteiger partial charge is 2.00 e. The summed E-state index contributed by atoms with van der Waals surface area (Å²) >= 11 is 0. The van der Waals surface area contributed by atoms with E-state index >= 15 is 0 Å². The Labute approximate surface area is 278 Å². The maximum atomic E-state index is 13.5. The molecule has 3 aliphatic rings. The Morgan fingerprint density at radius 1 is 1.00 bits per heavy atom. The minimum absolute atomic E-state index is 0. The summed E-state index contributed by atoms with van der Waals surface area (Å²) < 4.78 is 0. The third kappa shape index (κ3) is 5.21. The van der Waals surface area contributed by atoms with Crippen LogP contribution in [0, 0.1) is 13.8 Å². The smallest absolute Gasteiger partial charge is 0.872 e. The van der Waals surface area contributed by atoms with E-state index in [1.807, 2.05) is 46.8 Å². The summed E-state index contributed by atoms with van der Waals surface area (Å²) in [6.45, 7) is 11.4. The van der Waals surface area contributed by atoms with Crippen molar-refractivity contribution in [2.24, 2.45) is 0 Å². The van der Waals surface area contributed by atoms with Gasteiger partial charge in [0, 0.05) is 29.1 Å². The molecule has 8 bridgehead atoms. The molecule has 3 aromatic heterocycles. The minimum Gasteiger partial charge on any atom is -0.872 e. The number of fused-ring (bicyclic) bond motifs is 8. The van der Waals surface area contributed by atoms with Gasteiger partial charge in [-0.2, -0.15) is 0 Å². The molecule has 0 aromatic carbocycles. The van der Waals surface area contributed by atoms with Gasteiger partial charge >= 0.3 is 23.1 Å². The predicted molar refractivity (Wildman–Crippen MR) is 172 cm³/mol. The van der Waals surface area contributed by atoms with Crippen molar-refractivity contribution in [3.8, 4) is 0 Å². The molecule has 230 valence electrons. The van der Waals surface area contributed by atoms with Crippen LogP contribution in [0.3, 0.4) is 0 Å². The maximum Gasteiger partial charge on any atom is 2.00 e. The standard InChI is InChI=1S/C35H39N4O5.Mg/c1-7-19-23(14-40)26-13-27-30(18(6)41)16(4)33(38-27)17(5)32-15(3)21(9-10-29(43)44)34(39-32)22-11-28(42)31-20(8-2)25(37-35(22)31)12-24(19)36-26;/h11-13,15,18,21,40-41H,7-10,14H2,1-6H3,(H3-,36,37,38,39,42,43,44);/q-1;+2/p-3/t15-,18+,21-;/m0./s1. The number of rotatable bonds is 7. The van der Waals surface area contributed by atoms with Crippen LogP contribution in [0.4, 0.5) is 0 Å². The molecule has 0 radical (unpaired) electrons. The summed E-state index contributed by atoms with van der Waals surface area (Å²) in [5, 5.41) is 46.4. The zero-order valence-corrected chi connectivity index (χ0v) is 28.0. The fraction of sp³-hybridized carbons (Fsp3) is 0.400. The number of aliphatic hydroxyl groups excluding tert-OH is 2. The van der Waals surface area contributed by atoms with E-state index in [1.54, 1.807) is 13.0 Å². The zero-order valence-electron chi connectivity index (χ0n) is 26.6. The number of aryl methyl sites for hydroxylation is 3. The van der Waals surface area contributed by atoms with Crippen molar-refractivity contribution in [1.82, 2.24) is 19.9 Å². The Morgan fingerprint density at radius 3 is 2.29 bits per heavy atom. The molecule has 2 aliphatic heterocycles. The fourth-order valence-corrected chi connectivity index (χ4v) is 7.36. The van der Waals surface area contributed by atoms with E-state index in [4.69, 9.17) is 19.9 Å². The molecule has 0 amide bonds. The summed E-state index contributed by atoms with van der Waals surface area (Å²) in [4.78, 5) is 31.6. The molecule has 2 N–H and O–H groups in total. The average molecular weight is 617 g/mol. The number of carbonyl (C=O) groups excluding carboxylic acids is 1. The number of hydrogen-bond donors (Lipinski definition) is 2. The first kappa shape index (κ1) is 32.9. The normalized spacial score (nSPS) is 17.8. The third-order valence-electron chi connectivity index (χ3n) is 9.48. The van der Waals surface area contributed by atoms with Gasteiger partial charge in [0.2, 0.25) is 0 Å². The van der Waals surface area contributed by atoms with Crippen LogP contribution < -0.4 is 20.2 Å². The molecule has 10 heteroatoms. The van der Waals surface area contributed by atoms with Crippen LogP contribution in [0.25, 0.3) is 45.0 Å².